The molecule has 1 saturated carbocycles. The summed E-state index contributed by atoms with van der Waals surface area (Å²) in [6.45, 7) is -0.319. The molecule has 0 aliphatic heterocycles. The van der Waals surface area contributed by atoms with Crippen LogP contribution in [-0.2, 0) is 48.6 Å². The number of carbonyl (C=O) groups is 2. The van der Waals surface area contributed by atoms with Crippen molar-refractivity contribution in [3.8, 4) is 45.9 Å². The molecule has 17 nitrogen and oxygen atoms in total. The highest BCUT2D eigenvalue weighted by Crippen LogP contribution is 2.46. The van der Waals surface area contributed by atoms with E-state index in [0.29, 0.717) is 87.0 Å². The Morgan fingerprint density at radius 1 is 0.628 bits per heavy atom. The number of fused-ring (bicyclic) bond motifs is 2. The number of imidazole rings is 2. The number of methoxy groups -OCH3 is 2. The lowest BCUT2D eigenvalue weighted by atomic mass is 10.0. The van der Waals surface area contributed by atoms with E-state index in [1.807, 2.05) is 29.7 Å². The summed E-state index contributed by atoms with van der Waals surface area (Å²) in [5, 5.41) is 19.3. The van der Waals surface area contributed by atoms with Crippen molar-refractivity contribution in [1.82, 2.24) is 34.1 Å². The Labute approximate surface area is 488 Å². The van der Waals surface area contributed by atoms with Crippen molar-refractivity contribution in [2.24, 2.45) is 0 Å². The summed E-state index contributed by atoms with van der Waals surface area (Å²) < 4.78 is 113. The number of ether oxygens (including phenoxy) is 6. The Kier molecular flexibility index (Phi) is 17.0. The lowest BCUT2D eigenvalue weighted by Crippen LogP contribution is -2.10. The van der Waals surface area contributed by atoms with Crippen LogP contribution in [0.2, 0.25) is 0 Å². The van der Waals surface area contributed by atoms with Crippen molar-refractivity contribution in [3.05, 3.63) is 207 Å². The van der Waals surface area contributed by atoms with E-state index < -0.39 is 42.1 Å². The molecule has 0 saturated heterocycles. The zero-order valence-corrected chi connectivity index (χ0v) is 46.5. The minimum Gasteiger partial charge on any atom is -0.489 e. The predicted octanol–water partition coefficient (Wildman–Crippen LogP) is 12.2. The van der Waals surface area contributed by atoms with Gasteiger partial charge in [-0.25, -0.2) is 47.7 Å². The maximum atomic E-state index is 16.6. The number of nitrogens with zero attached hydrogens (tertiary/aromatic N) is 7. The molecule has 0 spiro atoms. The normalized spacial score (nSPS) is 13.8. The molecule has 22 heteroatoms. The van der Waals surface area contributed by atoms with E-state index in [1.54, 1.807) is 72.3 Å². The van der Waals surface area contributed by atoms with Crippen molar-refractivity contribution in [2.75, 3.05) is 27.4 Å². The van der Waals surface area contributed by atoms with Gasteiger partial charge in [0.2, 0.25) is 17.6 Å². The molecular weight excluding hydrogens is 1120 g/mol. The van der Waals surface area contributed by atoms with Gasteiger partial charge in [-0.1, -0.05) is 30.3 Å². The zero-order valence-electron chi connectivity index (χ0n) is 46.5. The topological polar surface area (TPSA) is 204 Å². The van der Waals surface area contributed by atoms with Gasteiger partial charge in [0, 0.05) is 81.1 Å². The molecule has 1 fully saturated rings. The van der Waals surface area contributed by atoms with Crippen molar-refractivity contribution in [2.45, 2.75) is 71.1 Å². The number of alkyl halides is 2. The summed E-state index contributed by atoms with van der Waals surface area (Å²) in [7, 11) is 3.07. The first-order valence-electron chi connectivity index (χ1n) is 27.2. The molecule has 0 radical (unpaired) electrons. The SMILES string of the molecule is COCCn1c(Cc2ccc(-c3cccc(OCc4ccc(C)cc4OC4CC4c4cc(OCc5cccnc5OC(F)F)nc(-c5cc(F)c(Cc6nc7ccc(C(=O)O)cc7n6CCOC)cc5F)c4)n3)cc2F)nc2ccc(C(=O)O)cc21. The van der Waals surface area contributed by atoms with E-state index in [-0.39, 0.29) is 96.3 Å². The third-order valence-corrected chi connectivity index (χ3v) is 14.7. The Morgan fingerprint density at radius 3 is 1.93 bits per heavy atom. The lowest BCUT2D eigenvalue weighted by Gasteiger charge is -2.15. The molecule has 11 rings (SSSR count). The first-order chi connectivity index (χ1) is 41.6. The number of aromatic carboxylic acids is 2. The van der Waals surface area contributed by atoms with Gasteiger partial charge < -0.3 is 47.8 Å². The molecule has 2 N–H and O–H groups in total. The summed E-state index contributed by atoms with van der Waals surface area (Å²) in [6.07, 6.45) is 1.35. The smallest absolute Gasteiger partial charge is 0.388 e. The molecular formula is C64H54F5N7O10. The van der Waals surface area contributed by atoms with Gasteiger partial charge in [-0.15, -0.1) is 0 Å². The number of benzene rings is 5. The standard InChI is InChI=1S/C64H54F5N7O10/c1-35-9-10-40(33-83-59-8-4-7-49(73-59)37-12-11-36(46(65)23-37)28-57-71-50-15-13-38(62(77)78)26-53(50)75(57)18-20-81-2)55(22-35)85-56-32-44(56)42-25-52(74-60(30-42)84-34-41-6-5-17-70-61(41)86-64(68)69)45-31-47(66)43(24-48(45)67)29-58-72-51-16-14-39(63(79)80)27-54(51)76(58)19-21-82-3/h4-17,22-27,30-31,44,56,64H,18-21,28-29,32-34H2,1-3H3,(H,77,78)(H,79,80). The van der Waals surface area contributed by atoms with Gasteiger partial charge in [-0.05, 0) is 121 Å². The number of pyridine rings is 3. The Balaban J connectivity index is 0.817. The third kappa shape index (κ3) is 13.0. The Morgan fingerprint density at radius 2 is 1.27 bits per heavy atom. The monoisotopic (exact) mass is 1180 g/mol. The van der Waals surface area contributed by atoms with Crippen LogP contribution in [0.1, 0.15) is 78.1 Å². The summed E-state index contributed by atoms with van der Waals surface area (Å²) in [6, 6.07) is 33.1. The van der Waals surface area contributed by atoms with E-state index in [2.05, 4.69) is 19.7 Å². The fourth-order valence-corrected chi connectivity index (χ4v) is 10.2. The van der Waals surface area contributed by atoms with Crippen LogP contribution in [0.3, 0.4) is 0 Å². The first kappa shape index (κ1) is 58.0. The summed E-state index contributed by atoms with van der Waals surface area (Å²) in [4.78, 5) is 46.1. The minimum absolute atomic E-state index is 0.0160. The van der Waals surface area contributed by atoms with Gasteiger partial charge in [0.15, 0.2) is 0 Å². The molecule has 5 heterocycles. The van der Waals surface area contributed by atoms with Gasteiger partial charge in [0.25, 0.3) is 0 Å². The largest absolute Gasteiger partial charge is 0.489 e. The minimum atomic E-state index is -3.16. The quantitative estimate of drug-likeness (QED) is 0.0511. The van der Waals surface area contributed by atoms with Gasteiger partial charge in [0.1, 0.15) is 54.2 Å². The maximum absolute atomic E-state index is 16.6. The fraction of sp³-hybridized carbons (Fsp3) is 0.234. The molecule has 0 bridgehead atoms. The number of halogens is 5. The summed E-state index contributed by atoms with van der Waals surface area (Å²) in [5.41, 5.74) is 5.78. The first-order valence-corrected chi connectivity index (χ1v) is 27.2. The number of aryl methyl sites for hydroxylation is 1. The van der Waals surface area contributed by atoms with E-state index in [0.717, 1.165) is 17.7 Å². The van der Waals surface area contributed by atoms with Crippen LogP contribution in [0.25, 0.3) is 44.6 Å². The lowest BCUT2D eigenvalue weighted by molar-refractivity contribution is -0.0539. The van der Waals surface area contributed by atoms with Crippen LogP contribution in [0.4, 0.5) is 22.0 Å². The highest BCUT2D eigenvalue weighted by atomic mass is 19.3. The van der Waals surface area contributed by atoms with Crippen LogP contribution in [0.5, 0.6) is 23.4 Å². The van der Waals surface area contributed by atoms with Crippen molar-refractivity contribution >= 4 is 34.0 Å². The number of aromatic nitrogens is 7. The molecule has 10 aromatic rings. The van der Waals surface area contributed by atoms with Crippen LogP contribution >= 0.6 is 0 Å². The Bertz CT molecular complexity index is 4200. The van der Waals surface area contributed by atoms with Crippen LogP contribution < -0.4 is 18.9 Å². The van der Waals surface area contributed by atoms with Crippen LogP contribution in [0.15, 0.2) is 134 Å². The molecule has 5 aromatic carbocycles. The number of carboxylic acid groups (broad SMARTS) is 2. The van der Waals surface area contributed by atoms with Crippen molar-refractivity contribution in [3.63, 3.8) is 0 Å². The zero-order chi connectivity index (χ0) is 60.2. The second-order valence-corrected chi connectivity index (χ2v) is 20.5. The Hall–Kier alpha value is -9.80. The molecule has 1 aliphatic rings. The highest BCUT2D eigenvalue weighted by molar-refractivity contribution is 5.93. The van der Waals surface area contributed by atoms with E-state index in [1.165, 1.54) is 49.7 Å². The average Bonchev–Trinajstić information content (AvgIpc) is 2.33. The predicted molar refractivity (Wildman–Crippen MR) is 304 cm³/mol. The average molecular weight is 1180 g/mol. The van der Waals surface area contributed by atoms with Crippen molar-refractivity contribution in [1.29, 1.82) is 0 Å². The van der Waals surface area contributed by atoms with Gasteiger partial charge >= 0.3 is 18.6 Å². The molecule has 5 aromatic heterocycles. The molecule has 86 heavy (non-hydrogen) atoms. The summed E-state index contributed by atoms with van der Waals surface area (Å²) >= 11 is 0. The highest BCUT2D eigenvalue weighted by Gasteiger charge is 2.42. The molecule has 440 valence electrons. The molecule has 0 amide bonds. The van der Waals surface area contributed by atoms with E-state index in [9.17, 15) is 28.6 Å². The number of hydrogen-bond donors (Lipinski definition) is 2. The number of carboxylic acids is 2. The summed E-state index contributed by atoms with van der Waals surface area (Å²) in [5.74, 6) is -3.26. The maximum Gasteiger partial charge on any atom is 0.388 e. The van der Waals surface area contributed by atoms with Gasteiger partial charge in [0.05, 0.1) is 63.4 Å². The second-order valence-electron chi connectivity index (χ2n) is 20.5. The van der Waals surface area contributed by atoms with Crippen molar-refractivity contribution < 1.29 is 70.2 Å². The second kappa shape index (κ2) is 25.2. The van der Waals surface area contributed by atoms with Gasteiger partial charge in [-0.2, -0.15) is 8.78 Å². The third-order valence-electron chi connectivity index (χ3n) is 14.7. The van der Waals surface area contributed by atoms with E-state index in [4.69, 9.17) is 33.7 Å². The molecule has 1 aliphatic carbocycles. The van der Waals surface area contributed by atoms with Crippen LogP contribution in [0, 0.1) is 24.4 Å². The molecule has 2 atom stereocenters. The fourth-order valence-electron chi connectivity index (χ4n) is 10.2. The van der Waals surface area contributed by atoms with E-state index >= 15 is 13.2 Å². The van der Waals surface area contributed by atoms with Gasteiger partial charge in [-0.3, -0.25) is 0 Å². The van der Waals surface area contributed by atoms with Crippen LogP contribution in [-0.4, -0.2) is 96.4 Å². The number of hydrogen-bond acceptors (Lipinski definition) is 13. The number of rotatable bonds is 25. The molecule has 2 unspecified atom stereocenters.